The highest BCUT2D eigenvalue weighted by Gasteiger charge is 2.10. The second-order valence-corrected chi connectivity index (χ2v) is 6.86. The van der Waals surface area contributed by atoms with Gasteiger partial charge in [0.2, 0.25) is 5.91 Å². The SMILES string of the molecule is CCCC(=O)Nc1ccc(O)c(/C(C)=N/NC(=O)c2ccc(OC(C)C)cc2)c1. The normalized spacial score (nSPS) is 11.3. The number of nitrogens with zero attached hydrogens (tertiary/aromatic N) is 1. The smallest absolute Gasteiger partial charge is 0.271 e. The van der Waals surface area contributed by atoms with Gasteiger partial charge < -0.3 is 15.2 Å². The van der Waals surface area contributed by atoms with Gasteiger partial charge in [-0.3, -0.25) is 9.59 Å². The van der Waals surface area contributed by atoms with E-state index in [1.54, 1.807) is 43.3 Å². The molecule has 2 amide bonds. The van der Waals surface area contributed by atoms with Crippen molar-refractivity contribution in [1.82, 2.24) is 5.43 Å². The summed E-state index contributed by atoms with van der Waals surface area (Å²) in [6.07, 6.45) is 1.21. The van der Waals surface area contributed by atoms with Crippen LogP contribution < -0.4 is 15.5 Å². The molecule has 0 unspecified atom stereocenters. The molecule has 7 heteroatoms. The van der Waals surface area contributed by atoms with E-state index in [0.29, 0.717) is 34.7 Å². The summed E-state index contributed by atoms with van der Waals surface area (Å²) in [6, 6.07) is 11.5. The van der Waals surface area contributed by atoms with E-state index in [2.05, 4.69) is 15.8 Å². The number of anilines is 1. The second kappa shape index (κ2) is 10.3. The highest BCUT2D eigenvalue weighted by atomic mass is 16.5. The van der Waals surface area contributed by atoms with E-state index in [1.165, 1.54) is 6.07 Å². The standard InChI is InChI=1S/C22H27N3O4/c1-5-6-21(27)23-17-9-12-20(26)19(13-17)15(4)24-25-22(28)16-7-10-18(11-8-16)29-14(2)3/h7-14,26H,5-6H2,1-4H3,(H,23,27)(H,25,28)/b24-15+. The molecule has 29 heavy (non-hydrogen) atoms. The van der Waals surface area contributed by atoms with Crippen LogP contribution in [-0.2, 0) is 4.79 Å². The number of carbonyl (C=O) groups is 2. The monoisotopic (exact) mass is 397 g/mol. The topological polar surface area (TPSA) is 100 Å². The maximum Gasteiger partial charge on any atom is 0.271 e. The zero-order valence-corrected chi connectivity index (χ0v) is 17.2. The Labute approximate surface area is 170 Å². The van der Waals surface area contributed by atoms with Crippen molar-refractivity contribution < 1.29 is 19.4 Å². The molecule has 0 bridgehead atoms. The largest absolute Gasteiger partial charge is 0.507 e. The summed E-state index contributed by atoms with van der Waals surface area (Å²) in [7, 11) is 0. The van der Waals surface area contributed by atoms with E-state index in [9.17, 15) is 14.7 Å². The number of carbonyl (C=O) groups excluding carboxylic acids is 2. The molecular formula is C22H27N3O4. The van der Waals surface area contributed by atoms with Gasteiger partial charge in [0.05, 0.1) is 11.8 Å². The van der Waals surface area contributed by atoms with Gasteiger partial charge in [-0.2, -0.15) is 5.10 Å². The Morgan fingerprint density at radius 3 is 2.45 bits per heavy atom. The molecule has 2 aromatic carbocycles. The van der Waals surface area contributed by atoms with Gasteiger partial charge in [-0.15, -0.1) is 0 Å². The molecule has 0 aliphatic carbocycles. The number of benzene rings is 2. The minimum Gasteiger partial charge on any atom is -0.507 e. The number of hydrazone groups is 1. The third-order valence-electron chi connectivity index (χ3n) is 3.96. The van der Waals surface area contributed by atoms with E-state index in [4.69, 9.17) is 4.74 Å². The number of phenolic OH excluding ortho intramolecular Hbond substituents is 1. The van der Waals surface area contributed by atoms with Crippen LogP contribution in [0.2, 0.25) is 0 Å². The summed E-state index contributed by atoms with van der Waals surface area (Å²) in [5, 5.41) is 16.9. The molecule has 0 heterocycles. The number of hydrogen-bond acceptors (Lipinski definition) is 5. The molecule has 0 radical (unpaired) electrons. The Balaban J connectivity index is 2.08. The Bertz CT molecular complexity index is 889. The summed E-state index contributed by atoms with van der Waals surface area (Å²) < 4.78 is 5.56. The van der Waals surface area contributed by atoms with Crippen LogP contribution in [0.25, 0.3) is 0 Å². The van der Waals surface area contributed by atoms with Gasteiger partial charge in [-0.05, 0) is 69.7 Å². The minimum absolute atomic E-state index is 0.00387. The predicted molar refractivity (Wildman–Crippen MR) is 114 cm³/mol. The molecule has 0 atom stereocenters. The fourth-order valence-electron chi connectivity index (χ4n) is 2.57. The van der Waals surface area contributed by atoms with Gasteiger partial charge in [0.1, 0.15) is 11.5 Å². The van der Waals surface area contributed by atoms with E-state index < -0.39 is 0 Å². The molecule has 0 aromatic heterocycles. The Morgan fingerprint density at radius 2 is 1.83 bits per heavy atom. The van der Waals surface area contributed by atoms with E-state index in [1.807, 2.05) is 20.8 Å². The van der Waals surface area contributed by atoms with Gasteiger partial charge >= 0.3 is 0 Å². The molecule has 0 aliphatic rings. The number of nitrogens with one attached hydrogen (secondary N) is 2. The Hall–Kier alpha value is -3.35. The number of hydrogen-bond donors (Lipinski definition) is 3. The van der Waals surface area contributed by atoms with Gasteiger partial charge in [0.15, 0.2) is 0 Å². The van der Waals surface area contributed by atoms with Crippen LogP contribution in [0.1, 0.15) is 56.5 Å². The lowest BCUT2D eigenvalue weighted by atomic mass is 10.1. The molecule has 154 valence electrons. The van der Waals surface area contributed by atoms with Crippen molar-refractivity contribution >= 4 is 23.2 Å². The number of phenols is 1. The van der Waals surface area contributed by atoms with E-state index in [0.717, 1.165) is 6.42 Å². The molecule has 0 aliphatic heterocycles. The average Bonchev–Trinajstić information content (AvgIpc) is 2.67. The quantitative estimate of drug-likeness (QED) is 0.355. The molecule has 7 nitrogen and oxygen atoms in total. The molecular weight excluding hydrogens is 370 g/mol. The van der Waals surface area contributed by atoms with Crippen LogP contribution in [-0.4, -0.2) is 28.7 Å². The maximum atomic E-state index is 12.3. The molecule has 3 N–H and O–H groups in total. The fourth-order valence-corrected chi connectivity index (χ4v) is 2.57. The Kier molecular flexibility index (Phi) is 7.77. The van der Waals surface area contributed by atoms with Gasteiger partial charge in [-0.1, -0.05) is 6.92 Å². The van der Waals surface area contributed by atoms with Crippen molar-refractivity contribution in [1.29, 1.82) is 0 Å². The number of amides is 2. The molecule has 2 aromatic rings. The third kappa shape index (κ3) is 6.64. The fraction of sp³-hybridized carbons (Fsp3) is 0.318. The second-order valence-electron chi connectivity index (χ2n) is 6.86. The van der Waals surface area contributed by atoms with E-state index in [-0.39, 0.29) is 23.7 Å². The zero-order chi connectivity index (χ0) is 21.4. The first kappa shape index (κ1) is 21.9. The van der Waals surface area contributed by atoms with Gasteiger partial charge in [0, 0.05) is 23.2 Å². The summed E-state index contributed by atoms with van der Waals surface area (Å²) in [5.74, 6) is 0.205. The lowest BCUT2D eigenvalue weighted by molar-refractivity contribution is -0.116. The first-order chi connectivity index (χ1) is 13.8. The molecule has 0 saturated heterocycles. The maximum absolute atomic E-state index is 12.3. The van der Waals surface area contributed by atoms with E-state index >= 15 is 0 Å². The van der Waals surface area contributed by atoms with Crippen LogP contribution >= 0.6 is 0 Å². The first-order valence-corrected chi connectivity index (χ1v) is 9.54. The van der Waals surface area contributed by atoms with Crippen LogP contribution in [0.4, 0.5) is 5.69 Å². The number of aromatic hydroxyl groups is 1. The van der Waals surface area contributed by atoms with Crippen molar-refractivity contribution in [2.45, 2.75) is 46.6 Å². The van der Waals surface area contributed by atoms with Crippen molar-refractivity contribution in [3.63, 3.8) is 0 Å². The third-order valence-corrected chi connectivity index (χ3v) is 3.96. The molecule has 0 spiro atoms. The van der Waals surface area contributed by atoms with Crippen LogP contribution in [0.3, 0.4) is 0 Å². The molecule has 0 fully saturated rings. The Morgan fingerprint density at radius 1 is 1.14 bits per heavy atom. The lowest BCUT2D eigenvalue weighted by Crippen LogP contribution is -2.19. The minimum atomic E-state index is -0.382. The average molecular weight is 397 g/mol. The number of rotatable bonds is 8. The van der Waals surface area contributed by atoms with Crippen LogP contribution in [0.5, 0.6) is 11.5 Å². The predicted octanol–water partition coefficient (Wildman–Crippen LogP) is 4.07. The zero-order valence-electron chi connectivity index (χ0n) is 17.2. The number of ether oxygens (including phenoxy) is 1. The molecule has 0 saturated carbocycles. The summed E-state index contributed by atoms with van der Waals surface area (Å²) in [4.78, 5) is 24.1. The lowest BCUT2D eigenvalue weighted by Gasteiger charge is -2.10. The van der Waals surface area contributed by atoms with Crippen molar-refractivity contribution in [3.8, 4) is 11.5 Å². The van der Waals surface area contributed by atoms with Crippen molar-refractivity contribution in [3.05, 3.63) is 53.6 Å². The molecule has 2 rings (SSSR count). The van der Waals surface area contributed by atoms with Crippen LogP contribution in [0.15, 0.2) is 47.6 Å². The van der Waals surface area contributed by atoms with Gasteiger partial charge in [0.25, 0.3) is 5.91 Å². The van der Waals surface area contributed by atoms with Crippen molar-refractivity contribution in [2.24, 2.45) is 5.10 Å². The summed E-state index contributed by atoms with van der Waals surface area (Å²) in [5.41, 5.74) is 4.28. The van der Waals surface area contributed by atoms with Gasteiger partial charge in [-0.25, -0.2) is 5.43 Å². The van der Waals surface area contributed by atoms with Crippen molar-refractivity contribution in [2.75, 3.05) is 5.32 Å². The highest BCUT2D eigenvalue weighted by molar-refractivity contribution is 6.04. The summed E-state index contributed by atoms with van der Waals surface area (Å²) in [6.45, 7) is 7.44. The van der Waals surface area contributed by atoms with Crippen LogP contribution in [0, 0.1) is 0 Å². The summed E-state index contributed by atoms with van der Waals surface area (Å²) >= 11 is 0. The highest BCUT2D eigenvalue weighted by Crippen LogP contribution is 2.22. The first-order valence-electron chi connectivity index (χ1n) is 9.54.